The first-order valence-corrected chi connectivity index (χ1v) is 9.91. The molecule has 1 N–H and O–H groups in total. The van der Waals surface area contributed by atoms with Crippen molar-refractivity contribution in [3.8, 4) is 0 Å². The smallest absolute Gasteiger partial charge is 0.313 e. The molecule has 25 heavy (non-hydrogen) atoms. The number of imidazole rings is 1. The summed E-state index contributed by atoms with van der Waals surface area (Å²) in [4.78, 5) is 31.1. The molecule has 7 heteroatoms. The summed E-state index contributed by atoms with van der Waals surface area (Å²) in [5.74, 6) is 0.742. The molecule has 0 saturated carbocycles. The van der Waals surface area contributed by atoms with E-state index in [2.05, 4.69) is 23.5 Å². The molecule has 6 nitrogen and oxygen atoms in total. The highest BCUT2D eigenvalue weighted by Crippen LogP contribution is 2.23. The van der Waals surface area contributed by atoms with Crippen molar-refractivity contribution < 1.29 is 0 Å². The van der Waals surface area contributed by atoms with Crippen LogP contribution in [0.1, 0.15) is 52.4 Å². The van der Waals surface area contributed by atoms with Crippen LogP contribution in [0.4, 0.5) is 0 Å². The van der Waals surface area contributed by atoms with Gasteiger partial charge < -0.3 is 4.57 Å². The molecule has 0 atom stereocenters. The van der Waals surface area contributed by atoms with Gasteiger partial charge in [-0.2, -0.15) is 0 Å². The summed E-state index contributed by atoms with van der Waals surface area (Å²) < 4.78 is 3.36. The zero-order valence-electron chi connectivity index (χ0n) is 15.4. The maximum atomic E-state index is 12.3. The van der Waals surface area contributed by atoms with Crippen molar-refractivity contribution in [2.75, 3.05) is 5.75 Å². The van der Waals surface area contributed by atoms with Gasteiger partial charge in [0.05, 0.1) is 0 Å². The minimum Gasteiger partial charge on any atom is -0.313 e. The monoisotopic (exact) mass is 364 g/mol. The average molecular weight is 365 g/mol. The number of fused-ring (bicyclic) bond motifs is 1. The van der Waals surface area contributed by atoms with Gasteiger partial charge in [-0.05, 0) is 13.3 Å². The fourth-order valence-electron chi connectivity index (χ4n) is 2.77. The van der Waals surface area contributed by atoms with Gasteiger partial charge >= 0.3 is 5.69 Å². The zero-order chi connectivity index (χ0) is 18.4. The normalized spacial score (nSPS) is 11.3. The van der Waals surface area contributed by atoms with Gasteiger partial charge in [-0.1, -0.05) is 62.9 Å². The van der Waals surface area contributed by atoms with Crippen LogP contribution in [-0.4, -0.2) is 24.9 Å². The number of nitrogens with one attached hydrogen (secondary N) is 1. The maximum Gasteiger partial charge on any atom is 0.329 e. The van der Waals surface area contributed by atoms with Gasteiger partial charge in [0.15, 0.2) is 16.3 Å². The number of hydrogen-bond donors (Lipinski definition) is 1. The van der Waals surface area contributed by atoms with E-state index in [1.807, 2.05) is 11.5 Å². The van der Waals surface area contributed by atoms with Gasteiger partial charge in [-0.3, -0.25) is 14.3 Å². The van der Waals surface area contributed by atoms with Gasteiger partial charge in [0.2, 0.25) is 0 Å². The number of hydrogen-bond acceptors (Lipinski definition) is 4. The highest BCUT2D eigenvalue weighted by molar-refractivity contribution is 7.99. The molecular weight excluding hydrogens is 336 g/mol. The second kappa shape index (κ2) is 9.08. The molecule has 0 radical (unpaired) electrons. The van der Waals surface area contributed by atoms with E-state index in [9.17, 15) is 9.59 Å². The van der Waals surface area contributed by atoms with Crippen LogP contribution in [0.15, 0.2) is 26.9 Å². The molecule has 0 fully saturated rings. The lowest BCUT2D eigenvalue weighted by Gasteiger charge is -2.08. The summed E-state index contributed by atoms with van der Waals surface area (Å²) in [5.41, 5.74) is 1.19. The first-order valence-electron chi connectivity index (χ1n) is 8.92. The van der Waals surface area contributed by atoms with Crippen molar-refractivity contribution in [3.05, 3.63) is 33.0 Å². The summed E-state index contributed by atoms with van der Waals surface area (Å²) in [5, 5.41) is 0.776. The molecule has 0 saturated heterocycles. The molecule has 2 aromatic heterocycles. The van der Waals surface area contributed by atoms with Gasteiger partial charge in [-0.25, -0.2) is 9.78 Å². The number of unbranched alkanes of at least 4 members (excludes halogenated alkanes) is 5. The Bertz CT molecular complexity index is 847. The van der Waals surface area contributed by atoms with Crippen LogP contribution in [0, 0.1) is 0 Å². The molecule has 0 aliphatic heterocycles. The molecule has 0 amide bonds. The van der Waals surface area contributed by atoms with E-state index in [4.69, 9.17) is 0 Å². The molecule has 0 unspecified atom stereocenters. The van der Waals surface area contributed by atoms with Crippen molar-refractivity contribution in [2.24, 2.45) is 7.05 Å². The molecule has 0 aliphatic rings. The van der Waals surface area contributed by atoms with Gasteiger partial charge in [-0.15, -0.1) is 0 Å². The molecule has 2 heterocycles. The van der Waals surface area contributed by atoms with E-state index in [1.54, 1.807) is 18.8 Å². The van der Waals surface area contributed by atoms with Crippen LogP contribution in [0.2, 0.25) is 0 Å². The molecule has 0 bridgehead atoms. The predicted molar refractivity (Wildman–Crippen MR) is 105 cm³/mol. The van der Waals surface area contributed by atoms with Gasteiger partial charge in [0.1, 0.15) is 0 Å². The summed E-state index contributed by atoms with van der Waals surface area (Å²) in [6, 6.07) is 0. The third kappa shape index (κ3) is 4.87. The lowest BCUT2D eigenvalue weighted by Crippen LogP contribution is -2.29. The molecule has 138 valence electrons. The summed E-state index contributed by atoms with van der Waals surface area (Å²) >= 11 is 1.56. The second-order valence-electron chi connectivity index (χ2n) is 6.55. The quantitative estimate of drug-likeness (QED) is 0.398. The number of aryl methyl sites for hydroxylation is 2. The molecule has 0 aliphatic carbocycles. The third-order valence-corrected chi connectivity index (χ3v) is 5.36. The van der Waals surface area contributed by atoms with Gasteiger partial charge in [0, 0.05) is 19.3 Å². The second-order valence-corrected chi connectivity index (χ2v) is 7.49. The summed E-state index contributed by atoms with van der Waals surface area (Å²) in [6.07, 6.45) is 7.11. The predicted octanol–water partition coefficient (Wildman–Crippen LogP) is 3.45. The Labute approximate surface area is 152 Å². The van der Waals surface area contributed by atoms with E-state index < -0.39 is 5.69 Å². The van der Waals surface area contributed by atoms with E-state index in [1.165, 1.54) is 30.3 Å². The van der Waals surface area contributed by atoms with E-state index in [0.29, 0.717) is 11.2 Å². The SMILES string of the molecule is C=C(C)CSc1nc2c(c(=O)[nH]c(=O)n2C)n1CCCCCCCC. The Balaban J connectivity index is 2.28. The lowest BCUT2D eigenvalue weighted by molar-refractivity contribution is 0.544. The average Bonchev–Trinajstić information content (AvgIpc) is 2.93. The summed E-state index contributed by atoms with van der Waals surface area (Å²) in [6.45, 7) is 8.84. The lowest BCUT2D eigenvalue weighted by atomic mass is 10.1. The standard InChI is InChI=1S/C18H28N4O2S/c1-5-6-7-8-9-10-11-22-14-15(19-18(22)25-12-13(2)3)21(4)17(24)20-16(14)23/h2,5-12H2,1,3-4H3,(H,20,23,24). The molecule has 0 spiro atoms. The Morgan fingerprint density at radius 3 is 2.56 bits per heavy atom. The van der Waals surface area contributed by atoms with Gasteiger partial charge in [0.25, 0.3) is 5.56 Å². The Kier molecular flexibility index (Phi) is 7.11. The van der Waals surface area contributed by atoms with Crippen molar-refractivity contribution in [2.45, 2.75) is 64.1 Å². The van der Waals surface area contributed by atoms with Crippen LogP contribution in [0.3, 0.4) is 0 Å². The molecular formula is C18H28N4O2S. The van der Waals surface area contributed by atoms with Crippen molar-refractivity contribution >= 4 is 22.9 Å². The van der Waals surface area contributed by atoms with E-state index in [0.717, 1.165) is 35.9 Å². The molecule has 2 rings (SSSR count). The summed E-state index contributed by atoms with van der Waals surface area (Å²) in [7, 11) is 1.63. The number of nitrogens with zero attached hydrogens (tertiary/aromatic N) is 3. The van der Waals surface area contributed by atoms with E-state index in [-0.39, 0.29) is 5.56 Å². The zero-order valence-corrected chi connectivity index (χ0v) is 16.2. The topological polar surface area (TPSA) is 72.7 Å². The van der Waals surface area contributed by atoms with Crippen LogP contribution >= 0.6 is 11.8 Å². The minimum atomic E-state index is -0.432. The molecule has 2 aromatic rings. The van der Waals surface area contributed by atoms with Crippen LogP contribution in [-0.2, 0) is 13.6 Å². The fraction of sp³-hybridized carbons (Fsp3) is 0.611. The molecule has 0 aromatic carbocycles. The highest BCUT2D eigenvalue weighted by atomic mass is 32.2. The third-order valence-electron chi connectivity index (χ3n) is 4.15. The van der Waals surface area contributed by atoms with Crippen molar-refractivity contribution in [1.82, 2.24) is 19.1 Å². The minimum absolute atomic E-state index is 0.362. The van der Waals surface area contributed by atoms with Crippen molar-refractivity contribution in [3.63, 3.8) is 0 Å². The van der Waals surface area contributed by atoms with Crippen LogP contribution in [0.25, 0.3) is 11.2 Å². The maximum absolute atomic E-state index is 12.3. The number of aromatic nitrogens is 4. The van der Waals surface area contributed by atoms with E-state index >= 15 is 0 Å². The van der Waals surface area contributed by atoms with Crippen LogP contribution in [0.5, 0.6) is 0 Å². The first-order chi connectivity index (χ1) is 12.0. The Morgan fingerprint density at radius 2 is 1.88 bits per heavy atom. The number of aromatic amines is 1. The number of thioether (sulfide) groups is 1. The van der Waals surface area contributed by atoms with Crippen molar-refractivity contribution in [1.29, 1.82) is 0 Å². The Hall–Kier alpha value is -1.76. The first kappa shape index (κ1) is 19.6. The van der Waals surface area contributed by atoms with Crippen LogP contribution < -0.4 is 11.2 Å². The number of rotatable bonds is 10. The highest BCUT2D eigenvalue weighted by Gasteiger charge is 2.17. The fourth-order valence-corrected chi connectivity index (χ4v) is 3.64. The largest absolute Gasteiger partial charge is 0.329 e. The Morgan fingerprint density at radius 1 is 1.20 bits per heavy atom. The number of H-pyrrole nitrogens is 1.